The van der Waals surface area contributed by atoms with Crippen molar-refractivity contribution in [3.8, 4) is 0 Å². The van der Waals surface area contributed by atoms with E-state index in [1.165, 1.54) is 5.82 Å². The summed E-state index contributed by atoms with van der Waals surface area (Å²) in [6.45, 7) is 6.34. The second-order valence-corrected chi connectivity index (χ2v) is 3.77. The van der Waals surface area contributed by atoms with Crippen molar-refractivity contribution < 1.29 is 0 Å². The van der Waals surface area contributed by atoms with Crippen molar-refractivity contribution in [1.29, 1.82) is 0 Å². The van der Waals surface area contributed by atoms with E-state index in [2.05, 4.69) is 39.9 Å². The molecule has 2 heterocycles. The van der Waals surface area contributed by atoms with Gasteiger partial charge in [-0.25, -0.2) is 4.98 Å². The lowest BCUT2D eigenvalue weighted by molar-refractivity contribution is 0.190. The zero-order chi connectivity index (χ0) is 9.97. The molecule has 1 aromatic heterocycles. The van der Waals surface area contributed by atoms with Gasteiger partial charge >= 0.3 is 0 Å². The van der Waals surface area contributed by atoms with Gasteiger partial charge in [-0.1, -0.05) is 0 Å². The monoisotopic (exact) mass is 194 g/mol. The van der Waals surface area contributed by atoms with Crippen molar-refractivity contribution in [3.05, 3.63) is 18.2 Å². The molecule has 4 heteroatoms. The first-order chi connectivity index (χ1) is 6.83. The highest BCUT2D eigenvalue weighted by atomic mass is 15.2. The van der Waals surface area contributed by atoms with Crippen LogP contribution in [0.25, 0.3) is 0 Å². The number of hydrogen-bond donors (Lipinski definition) is 1. The molecule has 0 aliphatic carbocycles. The molecule has 14 heavy (non-hydrogen) atoms. The van der Waals surface area contributed by atoms with E-state index in [0.717, 1.165) is 26.2 Å². The van der Waals surface area contributed by atoms with Crippen LogP contribution in [0.4, 0.5) is 0 Å². The maximum Gasteiger partial charge on any atom is 0.127 e. The van der Waals surface area contributed by atoms with Gasteiger partial charge in [-0.3, -0.25) is 4.90 Å². The smallest absolute Gasteiger partial charge is 0.127 e. The van der Waals surface area contributed by atoms with Crippen LogP contribution in [0.5, 0.6) is 0 Å². The molecular formula is C10H18N4. The summed E-state index contributed by atoms with van der Waals surface area (Å²) in [4.78, 5) is 6.81. The highest BCUT2D eigenvalue weighted by Gasteiger charge is 2.23. The van der Waals surface area contributed by atoms with Gasteiger partial charge in [0.2, 0.25) is 0 Å². The molecule has 1 aliphatic rings. The van der Waals surface area contributed by atoms with Crippen LogP contribution >= 0.6 is 0 Å². The second kappa shape index (κ2) is 4.11. The lowest BCUT2D eigenvalue weighted by Crippen LogP contribution is -2.44. The molecule has 78 valence electrons. The van der Waals surface area contributed by atoms with Gasteiger partial charge in [-0.15, -0.1) is 0 Å². The zero-order valence-corrected chi connectivity index (χ0v) is 8.90. The molecule has 0 amide bonds. The van der Waals surface area contributed by atoms with Gasteiger partial charge in [-0.05, 0) is 14.0 Å². The number of nitrogens with zero attached hydrogens (tertiary/aromatic N) is 3. The lowest BCUT2D eigenvalue weighted by atomic mass is 10.2. The second-order valence-electron chi connectivity index (χ2n) is 3.77. The van der Waals surface area contributed by atoms with E-state index in [1.807, 2.05) is 6.20 Å². The van der Waals surface area contributed by atoms with Gasteiger partial charge in [0.15, 0.2) is 0 Å². The first kappa shape index (κ1) is 9.68. The molecule has 1 N–H and O–H groups in total. The van der Waals surface area contributed by atoms with Crippen molar-refractivity contribution in [2.24, 2.45) is 0 Å². The van der Waals surface area contributed by atoms with E-state index in [4.69, 9.17) is 0 Å². The van der Waals surface area contributed by atoms with Gasteiger partial charge < -0.3 is 9.88 Å². The standard InChI is InChI=1S/C10H18N4/c1-3-14-7-5-12-10(14)9-8-11-4-6-13(9)2/h5,7,9,11H,3-4,6,8H2,1-2H3. The van der Waals surface area contributed by atoms with E-state index in [1.54, 1.807) is 0 Å². The van der Waals surface area contributed by atoms with Crippen LogP contribution in [0.3, 0.4) is 0 Å². The number of hydrogen-bond acceptors (Lipinski definition) is 3. The van der Waals surface area contributed by atoms with E-state index in [-0.39, 0.29) is 0 Å². The fraction of sp³-hybridized carbons (Fsp3) is 0.700. The summed E-state index contributed by atoms with van der Waals surface area (Å²) in [5.41, 5.74) is 0. The first-order valence-corrected chi connectivity index (χ1v) is 5.25. The van der Waals surface area contributed by atoms with Crippen LogP contribution in [0.1, 0.15) is 18.8 Å². The summed E-state index contributed by atoms with van der Waals surface area (Å²) in [5.74, 6) is 1.18. The third-order valence-corrected chi connectivity index (χ3v) is 2.90. The van der Waals surface area contributed by atoms with E-state index < -0.39 is 0 Å². The van der Waals surface area contributed by atoms with Crippen molar-refractivity contribution in [1.82, 2.24) is 19.8 Å². The number of aromatic nitrogens is 2. The maximum atomic E-state index is 4.44. The third-order valence-electron chi connectivity index (χ3n) is 2.90. The van der Waals surface area contributed by atoms with Crippen LogP contribution < -0.4 is 5.32 Å². The maximum absolute atomic E-state index is 4.44. The average Bonchev–Trinajstić information content (AvgIpc) is 2.66. The quantitative estimate of drug-likeness (QED) is 0.743. The normalized spacial score (nSPS) is 24.0. The molecule has 1 aliphatic heterocycles. The van der Waals surface area contributed by atoms with E-state index >= 15 is 0 Å². The SMILES string of the molecule is CCn1ccnc1C1CNCCN1C. The number of likely N-dealkylation sites (N-methyl/N-ethyl adjacent to an activating group) is 1. The summed E-state index contributed by atoms with van der Waals surface area (Å²) >= 11 is 0. The van der Waals surface area contributed by atoms with Crippen LogP contribution in [-0.2, 0) is 6.54 Å². The van der Waals surface area contributed by atoms with E-state index in [9.17, 15) is 0 Å². The third kappa shape index (κ3) is 1.67. The largest absolute Gasteiger partial charge is 0.334 e. The Kier molecular flexibility index (Phi) is 2.84. The Balaban J connectivity index is 2.20. The Hall–Kier alpha value is -0.870. The van der Waals surface area contributed by atoms with Crippen LogP contribution in [-0.4, -0.2) is 41.1 Å². The van der Waals surface area contributed by atoms with Crippen molar-refractivity contribution >= 4 is 0 Å². The summed E-state index contributed by atoms with van der Waals surface area (Å²) in [6.07, 6.45) is 3.94. The average molecular weight is 194 g/mol. The Morgan fingerprint density at radius 3 is 3.21 bits per heavy atom. The molecule has 1 saturated heterocycles. The highest BCUT2D eigenvalue weighted by molar-refractivity contribution is 5.02. The lowest BCUT2D eigenvalue weighted by Gasteiger charge is -2.32. The molecule has 0 aromatic carbocycles. The molecule has 1 unspecified atom stereocenters. The molecule has 0 saturated carbocycles. The number of imidazole rings is 1. The predicted octanol–water partition coefficient (Wildman–Crippen LogP) is 0.479. The fourth-order valence-electron chi connectivity index (χ4n) is 1.98. The predicted molar refractivity (Wildman–Crippen MR) is 56.1 cm³/mol. The van der Waals surface area contributed by atoms with Crippen molar-refractivity contribution in [3.63, 3.8) is 0 Å². The van der Waals surface area contributed by atoms with E-state index in [0.29, 0.717) is 6.04 Å². The van der Waals surface area contributed by atoms with Crippen molar-refractivity contribution in [2.45, 2.75) is 19.5 Å². The van der Waals surface area contributed by atoms with Gasteiger partial charge in [0.25, 0.3) is 0 Å². The molecule has 0 radical (unpaired) electrons. The summed E-state index contributed by atoms with van der Waals surface area (Å²) in [7, 11) is 2.17. The van der Waals surface area contributed by atoms with Gasteiger partial charge in [0.1, 0.15) is 5.82 Å². The van der Waals surface area contributed by atoms with Crippen LogP contribution in [0.15, 0.2) is 12.4 Å². The summed E-state index contributed by atoms with van der Waals surface area (Å²) in [5, 5.41) is 3.41. The molecule has 2 rings (SSSR count). The minimum absolute atomic E-state index is 0.429. The van der Waals surface area contributed by atoms with Gasteiger partial charge in [0, 0.05) is 38.6 Å². The Bertz CT molecular complexity index is 294. The highest BCUT2D eigenvalue weighted by Crippen LogP contribution is 2.18. The first-order valence-electron chi connectivity index (χ1n) is 5.25. The Labute approximate surface area is 84.9 Å². The van der Waals surface area contributed by atoms with Gasteiger partial charge in [0.05, 0.1) is 6.04 Å². The Morgan fingerprint density at radius 1 is 1.64 bits per heavy atom. The summed E-state index contributed by atoms with van der Waals surface area (Å²) in [6, 6.07) is 0.429. The molecular weight excluding hydrogens is 176 g/mol. The molecule has 1 fully saturated rings. The topological polar surface area (TPSA) is 33.1 Å². The van der Waals surface area contributed by atoms with Gasteiger partial charge in [-0.2, -0.15) is 0 Å². The number of piperazine rings is 1. The summed E-state index contributed by atoms with van der Waals surface area (Å²) < 4.78 is 2.22. The number of nitrogens with one attached hydrogen (secondary N) is 1. The molecule has 0 bridgehead atoms. The van der Waals surface area contributed by atoms with Crippen LogP contribution in [0, 0.1) is 0 Å². The fourth-order valence-corrected chi connectivity index (χ4v) is 1.98. The zero-order valence-electron chi connectivity index (χ0n) is 8.90. The molecule has 4 nitrogen and oxygen atoms in total. The molecule has 1 atom stereocenters. The minimum Gasteiger partial charge on any atom is -0.334 e. The minimum atomic E-state index is 0.429. The molecule has 0 spiro atoms. The number of rotatable bonds is 2. The molecule has 1 aromatic rings. The van der Waals surface area contributed by atoms with Crippen LogP contribution in [0.2, 0.25) is 0 Å². The Morgan fingerprint density at radius 2 is 2.50 bits per heavy atom. The van der Waals surface area contributed by atoms with Crippen molar-refractivity contribution in [2.75, 3.05) is 26.7 Å². The number of aryl methyl sites for hydroxylation is 1.